The van der Waals surface area contributed by atoms with E-state index in [9.17, 15) is 0 Å². The molecule has 1 aliphatic rings. The summed E-state index contributed by atoms with van der Waals surface area (Å²) in [4.78, 5) is 0. The van der Waals surface area contributed by atoms with Gasteiger partial charge in [0.25, 0.3) is 0 Å². The van der Waals surface area contributed by atoms with Gasteiger partial charge in [0, 0.05) is 0 Å². The maximum absolute atomic E-state index is 2.38. The van der Waals surface area contributed by atoms with Gasteiger partial charge in [0.1, 0.15) is 0 Å². The van der Waals surface area contributed by atoms with Crippen LogP contribution in [0.2, 0.25) is 0 Å². The summed E-state index contributed by atoms with van der Waals surface area (Å²) in [6, 6.07) is 0. The zero-order valence-electron chi connectivity index (χ0n) is 6.32. The lowest BCUT2D eigenvalue weighted by Crippen LogP contribution is -1.92. The minimum Gasteiger partial charge on any atom is -0.0850 e. The van der Waals surface area contributed by atoms with Gasteiger partial charge in [-0.3, -0.25) is 0 Å². The monoisotopic (exact) mass is 124 g/mol. The van der Waals surface area contributed by atoms with Gasteiger partial charge < -0.3 is 0 Å². The van der Waals surface area contributed by atoms with Crippen molar-refractivity contribution in [2.24, 2.45) is 0 Å². The number of unbranched alkanes of at least 4 members (excludes halogenated alkanes) is 2. The minimum absolute atomic E-state index is 1.35. The smallest absolute Gasteiger partial charge is 0.0285 e. The molecular weight excluding hydrogens is 108 g/mol. The normalized spacial score (nSPS) is 16.8. The molecule has 0 atom stereocenters. The number of hydrogen-bond acceptors (Lipinski definition) is 0. The highest BCUT2D eigenvalue weighted by molar-refractivity contribution is 5.11. The predicted octanol–water partition coefficient (Wildman–Crippen LogP) is 3.29. The van der Waals surface area contributed by atoms with Crippen molar-refractivity contribution in [3.8, 4) is 0 Å². The second-order valence-electron chi connectivity index (χ2n) is 2.86. The number of rotatable bonds is 4. The van der Waals surface area contributed by atoms with Gasteiger partial charge in [-0.15, -0.1) is 0 Å². The number of allylic oxidation sites excluding steroid dienone is 2. The lowest BCUT2D eigenvalue weighted by Gasteiger charge is -2.12. The first-order valence-electron chi connectivity index (χ1n) is 4.11. The fourth-order valence-electron chi connectivity index (χ4n) is 1.18. The molecule has 0 unspecified atom stereocenters. The van der Waals surface area contributed by atoms with Gasteiger partial charge in [0.2, 0.25) is 0 Å². The molecule has 0 aromatic rings. The molecule has 0 saturated heterocycles. The topological polar surface area (TPSA) is 0 Å². The van der Waals surface area contributed by atoms with Gasteiger partial charge in [0.05, 0.1) is 0 Å². The van der Waals surface area contributed by atoms with E-state index in [0.717, 1.165) is 0 Å². The molecule has 0 aromatic heterocycles. The molecular formula is C9H16. The fourth-order valence-corrected chi connectivity index (χ4v) is 1.18. The van der Waals surface area contributed by atoms with Crippen LogP contribution in [0.25, 0.3) is 0 Å². The molecule has 0 nitrogen and oxygen atoms in total. The van der Waals surface area contributed by atoms with Crippen LogP contribution in [0, 0.1) is 0 Å². The molecule has 9 heavy (non-hydrogen) atoms. The molecule has 0 saturated carbocycles. The second kappa shape index (κ2) is 3.71. The first-order chi connectivity index (χ1) is 4.43. The molecule has 0 N–H and O–H groups in total. The molecule has 0 spiro atoms. The summed E-state index contributed by atoms with van der Waals surface area (Å²) in [5.41, 5.74) is 1.71. The molecule has 0 fully saturated rings. The Hall–Kier alpha value is -0.260. The largest absolute Gasteiger partial charge is 0.0850 e. The highest BCUT2D eigenvalue weighted by Crippen LogP contribution is 2.23. The van der Waals surface area contributed by atoms with Crippen molar-refractivity contribution in [3.63, 3.8) is 0 Å². The van der Waals surface area contributed by atoms with Crippen molar-refractivity contribution in [2.45, 2.75) is 45.4 Å². The highest BCUT2D eigenvalue weighted by Gasteiger charge is 2.03. The van der Waals surface area contributed by atoms with Gasteiger partial charge in [-0.2, -0.15) is 0 Å². The Morgan fingerprint density at radius 1 is 1.44 bits per heavy atom. The summed E-state index contributed by atoms with van der Waals surface area (Å²) >= 11 is 0. The first kappa shape index (κ1) is 6.85. The summed E-state index contributed by atoms with van der Waals surface area (Å²) in [5, 5.41) is 0. The van der Waals surface area contributed by atoms with Gasteiger partial charge in [-0.1, -0.05) is 31.4 Å². The maximum Gasteiger partial charge on any atom is -0.0285 e. The molecule has 0 heteroatoms. The van der Waals surface area contributed by atoms with Gasteiger partial charge in [-0.05, 0) is 25.7 Å². The van der Waals surface area contributed by atoms with Crippen LogP contribution in [0.15, 0.2) is 11.6 Å². The lowest BCUT2D eigenvalue weighted by atomic mass is 9.94. The average Bonchev–Trinajstić information content (AvgIpc) is 1.76. The molecule has 1 aliphatic carbocycles. The van der Waals surface area contributed by atoms with Gasteiger partial charge in [-0.25, -0.2) is 0 Å². The van der Waals surface area contributed by atoms with E-state index in [0.29, 0.717) is 0 Å². The zero-order valence-corrected chi connectivity index (χ0v) is 6.32. The molecule has 0 bridgehead atoms. The predicted molar refractivity (Wildman–Crippen MR) is 41.5 cm³/mol. The van der Waals surface area contributed by atoms with Crippen molar-refractivity contribution in [1.29, 1.82) is 0 Å². The Balaban J connectivity index is 1.92. The van der Waals surface area contributed by atoms with Crippen molar-refractivity contribution < 1.29 is 0 Å². The van der Waals surface area contributed by atoms with E-state index in [1.54, 1.807) is 5.57 Å². The standard InChI is InChI=1S/C9H16/c1-2-3-4-6-9-7-5-8-9/h7H,2-6,8H2,1H3. The van der Waals surface area contributed by atoms with E-state index in [1.807, 2.05) is 0 Å². The van der Waals surface area contributed by atoms with E-state index < -0.39 is 0 Å². The van der Waals surface area contributed by atoms with E-state index in [2.05, 4.69) is 13.0 Å². The quantitative estimate of drug-likeness (QED) is 0.398. The van der Waals surface area contributed by atoms with E-state index in [1.165, 1.54) is 38.5 Å². The van der Waals surface area contributed by atoms with Crippen LogP contribution in [-0.2, 0) is 0 Å². The van der Waals surface area contributed by atoms with Crippen LogP contribution >= 0.6 is 0 Å². The van der Waals surface area contributed by atoms with Crippen LogP contribution in [0.4, 0.5) is 0 Å². The molecule has 0 aromatic carbocycles. The third-order valence-corrected chi connectivity index (χ3v) is 2.00. The average molecular weight is 124 g/mol. The van der Waals surface area contributed by atoms with Crippen LogP contribution < -0.4 is 0 Å². The molecule has 1 rings (SSSR count). The summed E-state index contributed by atoms with van der Waals surface area (Å²) < 4.78 is 0. The highest BCUT2D eigenvalue weighted by atomic mass is 14.1. The van der Waals surface area contributed by atoms with E-state index >= 15 is 0 Å². The fraction of sp³-hybridized carbons (Fsp3) is 0.778. The van der Waals surface area contributed by atoms with Gasteiger partial charge >= 0.3 is 0 Å². The SMILES string of the molecule is CCCCCC1=CCC1. The number of hydrogen-bond donors (Lipinski definition) is 0. The Labute approximate surface area is 58.0 Å². The molecule has 0 radical (unpaired) electrons. The summed E-state index contributed by atoms with van der Waals surface area (Å²) in [7, 11) is 0. The van der Waals surface area contributed by atoms with Crippen LogP contribution in [0.1, 0.15) is 45.4 Å². The molecule has 0 amide bonds. The molecule has 0 aliphatic heterocycles. The summed E-state index contributed by atoms with van der Waals surface area (Å²) in [5.74, 6) is 0. The Kier molecular flexibility index (Phi) is 2.82. The van der Waals surface area contributed by atoms with Crippen molar-refractivity contribution in [3.05, 3.63) is 11.6 Å². The first-order valence-corrected chi connectivity index (χ1v) is 4.11. The lowest BCUT2D eigenvalue weighted by molar-refractivity contribution is 0.673. The van der Waals surface area contributed by atoms with Crippen LogP contribution in [-0.4, -0.2) is 0 Å². The van der Waals surface area contributed by atoms with Crippen molar-refractivity contribution in [1.82, 2.24) is 0 Å². The Morgan fingerprint density at radius 2 is 2.22 bits per heavy atom. The molecule has 0 heterocycles. The summed E-state index contributed by atoms with van der Waals surface area (Å²) in [6.07, 6.45) is 10.7. The zero-order chi connectivity index (χ0) is 6.53. The third kappa shape index (κ3) is 2.21. The van der Waals surface area contributed by atoms with E-state index in [4.69, 9.17) is 0 Å². The van der Waals surface area contributed by atoms with Crippen molar-refractivity contribution >= 4 is 0 Å². The second-order valence-corrected chi connectivity index (χ2v) is 2.86. The van der Waals surface area contributed by atoms with Crippen LogP contribution in [0.3, 0.4) is 0 Å². The minimum atomic E-state index is 1.35. The van der Waals surface area contributed by atoms with Gasteiger partial charge in [0.15, 0.2) is 0 Å². The van der Waals surface area contributed by atoms with Crippen LogP contribution in [0.5, 0.6) is 0 Å². The van der Waals surface area contributed by atoms with E-state index in [-0.39, 0.29) is 0 Å². The Morgan fingerprint density at radius 3 is 2.67 bits per heavy atom. The third-order valence-electron chi connectivity index (χ3n) is 2.00. The van der Waals surface area contributed by atoms with Crippen molar-refractivity contribution in [2.75, 3.05) is 0 Å². The maximum atomic E-state index is 2.38. The molecule has 52 valence electrons. The summed E-state index contributed by atoms with van der Waals surface area (Å²) in [6.45, 7) is 2.26. The Bertz CT molecular complexity index is 101.